The predicted octanol–water partition coefficient (Wildman–Crippen LogP) is 9.00. The average molecular weight is 566 g/mol. The first-order valence-electron chi connectivity index (χ1n) is 14.3. The number of allylic oxidation sites excluding steroid dienone is 1. The molecule has 0 aliphatic carbocycles. The Hall–Kier alpha value is -3.08. The van der Waals surface area contributed by atoms with Crippen LogP contribution < -0.4 is 5.32 Å². The fourth-order valence-corrected chi connectivity index (χ4v) is 4.20. The highest BCUT2D eigenvalue weighted by Gasteiger charge is 2.08. The van der Waals surface area contributed by atoms with Gasteiger partial charge in [0.05, 0.1) is 5.70 Å². The molecule has 0 saturated heterocycles. The summed E-state index contributed by atoms with van der Waals surface area (Å²) in [6, 6.07) is 14.7. The SMILES string of the molecule is C=CN[C@H](CCO)Cc1ccc(/C(=C/N(C=C)CCC=CC)N=C)cc1.CC.Cc1ccc(CC(C)C)c(Cl)c1. The lowest BCUT2D eigenvalue weighted by atomic mass is 10.0. The van der Waals surface area contributed by atoms with E-state index in [0.29, 0.717) is 12.3 Å². The van der Waals surface area contributed by atoms with Gasteiger partial charge >= 0.3 is 0 Å². The van der Waals surface area contributed by atoms with Gasteiger partial charge in [-0.1, -0.05) is 101 Å². The first-order chi connectivity index (χ1) is 19.3. The molecule has 2 aromatic carbocycles. The van der Waals surface area contributed by atoms with Gasteiger partial charge in [0.2, 0.25) is 0 Å². The van der Waals surface area contributed by atoms with Crippen LogP contribution in [0, 0.1) is 12.8 Å². The molecule has 5 heteroatoms. The number of aliphatic imine (C=N–C) groups is 1. The number of rotatable bonds is 15. The Labute approximate surface area is 249 Å². The predicted molar refractivity (Wildman–Crippen MR) is 179 cm³/mol. The van der Waals surface area contributed by atoms with Crippen LogP contribution in [0.3, 0.4) is 0 Å². The third-order valence-corrected chi connectivity index (χ3v) is 6.23. The van der Waals surface area contributed by atoms with Gasteiger partial charge in [0.25, 0.3) is 0 Å². The molecule has 40 heavy (non-hydrogen) atoms. The second kappa shape index (κ2) is 22.7. The van der Waals surface area contributed by atoms with Crippen molar-refractivity contribution in [2.75, 3.05) is 13.2 Å². The largest absolute Gasteiger partial charge is 0.396 e. The number of nitrogens with one attached hydrogen (secondary N) is 1. The van der Waals surface area contributed by atoms with Gasteiger partial charge in [-0.05, 0) is 87.3 Å². The van der Waals surface area contributed by atoms with E-state index < -0.39 is 0 Å². The average Bonchev–Trinajstić information content (AvgIpc) is 2.94. The smallest absolute Gasteiger partial charge is 0.0856 e. The summed E-state index contributed by atoms with van der Waals surface area (Å²) in [6.45, 7) is 24.7. The van der Waals surface area contributed by atoms with Gasteiger partial charge in [0, 0.05) is 36.0 Å². The van der Waals surface area contributed by atoms with E-state index in [1.807, 2.05) is 56.1 Å². The Morgan fingerprint density at radius 2 is 1.77 bits per heavy atom. The van der Waals surface area contributed by atoms with Crippen molar-refractivity contribution in [3.8, 4) is 0 Å². The van der Waals surface area contributed by atoms with Crippen LogP contribution in [0.2, 0.25) is 5.02 Å². The standard InChI is InChI=1S/C22H31N3O.C11H15Cl.C2H6/c1-5-8-9-15-25(7-3)18-22(23-4)20-12-10-19(11-13-20)17-21(14-16-26)24-6-2;1-8(2)6-10-5-4-9(3)7-11(10)12;1-2/h5-8,10-13,18,21,24,26H,2-4,9,14-17H2,1H3;4-5,7-8H,6H2,1-3H3;1-2H3/b8-5?,22-18-;;/t21-;;/m1../s1. The Bertz CT molecular complexity index is 1040. The summed E-state index contributed by atoms with van der Waals surface area (Å²) >= 11 is 6.07. The van der Waals surface area contributed by atoms with Crippen LogP contribution in [0.25, 0.3) is 5.70 Å². The van der Waals surface area contributed by atoms with Gasteiger partial charge < -0.3 is 15.3 Å². The van der Waals surface area contributed by atoms with Gasteiger partial charge in [-0.15, -0.1) is 0 Å². The van der Waals surface area contributed by atoms with Crippen LogP contribution >= 0.6 is 11.6 Å². The first-order valence-corrected chi connectivity index (χ1v) is 14.7. The maximum atomic E-state index is 9.16. The molecule has 0 heterocycles. The molecule has 0 unspecified atom stereocenters. The van der Waals surface area contributed by atoms with Crippen molar-refractivity contribution in [1.82, 2.24) is 10.2 Å². The van der Waals surface area contributed by atoms with Crippen LogP contribution in [-0.2, 0) is 12.8 Å². The molecule has 2 rings (SSSR count). The lowest BCUT2D eigenvalue weighted by Gasteiger charge is -2.17. The van der Waals surface area contributed by atoms with Crippen molar-refractivity contribution in [1.29, 1.82) is 0 Å². The highest BCUT2D eigenvalue weighted by atomic mass is 35.5. The number of hydrogen-bond donors (Lipinski definition) is 2. The molecule has 4 nitrogen and oxygen atoms in total. The maximum Gasteiger partial charge on any atom is 0.0856 e. The van der Waals surface area contributed by atoms with Crippen LogP contribution in [0.1, 0.15) is 69.7 Å². The minimum absolute atomic E-state index is 0.154. The zero-order valence-corrected chi connectivity index (χ0v) is 26.4. The van der Waals surface area contributed by atoms with Crippen molar-refractivity contribution in [2.45, 2.75) is 73.3 Å². The van der Waals surface area contributed by atoms with E-state index in [4.69, 9.17) is 16.7 Å². The topological polar surface area (TPSA) is 47.9 Å². The molecule has 2 aromatic rings. The highest BCUT2D eigenvalue weighted by molar-refractivity contribution is 6.31. The lowest BCUT2D eigenvalue weighted by molar-refractivity contribution is 0.269. The van der Waals surface area contributed by atoms with Gasteiger partial charge in [0.1, 0.15) is 0 Å². The maximum absolute atomic E-state index is 9.16. The molecule has 0 radical (unpaired) electrons. The number of nitrogens with zero attached hydrogens (tertiary/aromatic N) is 2. The van der Waals surface area contributed by atoms with Crippen LogP contribution in [0.4, 0.5) is 0 Å². The number of aliphatic hydroxyl groups is 1. The van der Waals surface area contributed by atoms with E-state index >= 15 is 0 Å². The van der Waals surface area contributed by atoms with Crippen molar-refractivity contribution < 1.29 is 5.11 Å². The molecule has 1 atom stereocenters. The molecule has 0 aliphatic rings. The molecule has 0 bridgehead atoms. The molecule has 0 spiro atoms. The van der Waals surface area contributed by atoms with E-state index in [2.05, 4.69) is 81.3 Å². The van der Waals surface area contributed by atoms with Crippen LogP contribution in [-0.4, -0.2) is 35.9 Å². The first kappa shape index (κ1) is 36.9. The highest BCUT2D eigenvalue weighted by Crippen LogP contribution is 2.21. The third kappa shape index (κ3) is 15.5. The molecular formula is C35H52ClN3O. The second-order valence-electron chi connectivity index (χ2n) is 9.62. The summed E-state index contributed by atoms with van der Waals surface area (Å²) in [5.74, 6) is 0.671. The molecular weight excluding hydrogens is 514 g/mol. The van der Waals surface area contributed by atoms with Gasteiger partial charge in [-0.2, -0.15) is 0 Å². The minimum Gasteiger partial charge on any atom is -0.396 e. The zero-order chi connectivity index (χ0) is 30.3. The van der Waals surface area contributed by atoms with Gasteiger partial charge in [0.15, 0.2) is 0 Å². The van der Waals surface area contributed by atoms with Crippen molar-refractivity contribution >= 4 is 24.0 Å². The second-order valence-corrected chi connectivity index (χ2v) is 10.0. The fraction of sp³-hybridized carbons (Fsp3) is 0.400. The molecule has 0 fully saturated rings. The van der Waals surface area contributed by atoms with Crippen LogP contribution in [0.15, 0.2) is 91.4 Å². The number of aliphatic hydroxyl groups excluding tert-OH is 1. The molecule has 0 aliphatic heterocycles. The van der Waals surface area contributed by atoms with Crippen molar-refractivity contribution in [2.24, 2.45) is 10.9 Å². The van der Waals surface area contributed by atoms with Gasteiger partial charge in [-0.3, -0.25) is 4.99 Å². The van der Waals surface area contributed by atoms with E-state index in [1.165, 1.54) is 16.7 Å². The molecule has 0 saturated carbocycles. The van der Waals surface area contributed by atoms with Crippen LogP contribution in [0.5, 0.6) is 0 Å². The number of aryl methyl sites for hydroxylation is 1. The zero-order valence-electron chi connectivity index (χ0n) is 25.7. The fourth-order valence-electron chi connectivity index (χ4n) is 3.88. The summed E-state index contributed by atoms with van der Waals surface area (Å²) in [4.78, 5) is 6.19. The Balaban J connectivity index is 0.000000902. The minimum atomic E-state index is 0.154. The van der Waals surface area contributed by atoms with E-state index in [9.17, 15) is 0 Å². The van der Waals surface area contributed by atoms with E-state index in [-0.39, 0.29) is 12.6 Å². The van der Waals surface area contributed by atoms with E-state index in [0.717, 1.165) is 42.1 Å². The van der Waals surface area contributed by atoms with Crippen molar-refractivity contribution in [3.05, 3.63) is 114 Å². The molecule has 0 amide bonds. The quantitative estimate of drug-likeness (QED) is 0.167. The summed E-state index contributed by atoms with van der Waals surface area (Å²) in [5.41, 5.74) is 5.51. The summed E-state index contributed by atoms with van der Waals surface area (Å²) in [7, 11) is 0. The Kier molecular flexibility index (Phi) is 21.0. The summed E-state index contributed by atoms with van der Waals surface area (Å²) in [6.07, 6.45) is 13.1. The van der Waals surface area contributed by atoms with Gasteiger partial charge in [-0.25, -0.2) is 0 Å². The van der Waals surface area contributed by atoms with E-state index in [1.54, 1.807) is 12.4 Å². The third-order valence-electron chi connectivity index (χ3n) is 5.88. The molecule has 0 aromatic heterocycles. The lowest BCUT2D eigenvalue weighted by Crippen LogP contribution is -2.27. The number of hydrogen-bond acceptors (Lipinski definition) is 4. The Morgan fingerprint density at radius 3 is 2.27 bits per heavy atom. The normalized spacial score (nSPS) is 11.6. The Morgan fingerprint density at radius 1 is 1.10 bits per heavy atom. The number of benzene rings is 2. The summed E-state index contributed by atoms with van der Waals surface area (Å²) < 4.78 is 0. The number of halogens is 1. The summed E-state index contributed by atoms with van der Waals surface area (Å²) in [5, 5.41) is 13.2. The molecule has 2 N–H and O–H groups in total. The van der Waals surface area contributed by atoms with Crippen molar-refractivity contribution in [3.63, 3.8) is 0 Å². The molecule has 220 valence electrons. The monoisotopic (exact) mass is 565 g/mol.